The average Bonchev–Trinajstić information content (AvgIpc) is 2.89. The number of hydrogen-bond acceptors (Lipinski definition) is 6. The number of hydrogen-bond donors (Lipinski definition) is 1. The van der Waals surface area contributed by atoms with Gasteiger partial charge in [-0.15, -0.1) is 0 Å². The van der Waals surface area contributed by atoms with E-state index >= 15 is 0 Å². The number of nitrogens with one attached hydrogen (secondary N) is 1. The Morgan fingerprint density at radius 2 is 1.76 bits per heavy atom. The second-order valence-corrected chi connectivity index (χ2v) is 9.99. The molecule has 3 aromatic rings. The van der Waals surface area contributed by atoms with Crippen molar-refractivity contribution >= 4 is 27.8 Å². The maximum absolute atomic E-state index is 13.4. The first-order chi connectivity index (χ1) is 17.8. The fraction of sp³-hybridized carbons (Fsp3) is 0.214. The lowest BCUT2D eigenvalue weighted by Crippen LogP contribution is -2.39. The highest BCUT2D eigenvalue weighted by Gasteiger charge is 2.27. The monoisotopic (exact) mass is 521 g/mol. The number of ether oxygens (including phenoxy) is 2. The summed E-state index contributed by atoms with van der Waals surface area (Å²) >= 11 is 0. The van der Waals surface area contributed by atoms with E-state index in [0.29, 0.717) is 36.0 Å². The van der Waals surface area contributed by atoms with Crippen molar-refractivity contribution in [3.63, 3.8) is 0 Å². The first kappa shape index (κ1) is 27.5. The van der Waals surface area contributed by atoms with Gasteiger partial charge in [0.1, 0.15) is 13.2 Å². The van der Waals surface area contributed by atoms with Gasteiger partial charge in [0.15, 0.2) is 11.5 Å². The lowest BCUT2D eigenvalue weighted by Gasteiger charge is -2.24. The molecule has 0 aliphatic rings. The van der Waals surface area contributed by atoms with Gasteiger partial charge in [-0.3, -0.25) is 9.10 Å². The summed E-state index contributed by atoms with van der Waals surface area (Å²) in [6, 6.07) is 18.5. The minimum Gasteiger partial charge on any atom is -0.490 e. The zero-order valence-corrected chi connectivity index (χ0v) is 22.0. The number of sulfonamides is 1. The van der Waals surface area contributed by atoms with Gasteiger partial charge in [0.2, 0.25) is 0 Å². The molecule has 1 amide bonds. The minimum atomic E-state index is -4.00. The fourth-order valence-electron chi connectivity index (χ4n) is 3.40. The Labute approximate surface area is 218 Å². The van der Waals surface area contributed by atoms with Gasteiger partial charge in [0.05, 0.1) is 23.4 Å². The Bertz CT molecular complexity index is 1370. The van der Waals surface area contributed by atoms with E-state index in [1.807, 2.05) is 26.8 Å². The Hall–Kier alpha value is -4.11. The number of benzene rings is 3. The molecule has 0 saturated heterocycles. The topological polar surface area (TPSA) is 97.3 Å². The minimum absolute atomic E-state index is 0.0896. The quantitative estimate of drug-likeness (QED) is 0.213. The zero-order valence-electron chi connectivity index (χ0n) is 21.2. The molecule has 0 fully saturated rings. The lowest BCUT2D eigenvalue weighted by atomic mass is 10.1. The van der Waals surface area contributed by atoms with Gasteiger partial charge < -0.3 is 9.47 Å². The molecule has 0 bridgehead atoms. The number of rotatable bonds is 12. The van der Waals surface area contributed by atoms with Crippen LogP contribution in [-0.2, 0) is 14.8 Å². The molecule has 1 N–H and O–H groups in total. The SMILES string of the molecule is C=CCOc1ccc(C=NNC(=O)CN(c2ccc(C)c(C)c2)S(=O)(=O)c2ccccc2)cc1OCC. The predicted octanol–water partition coefficient (Wildman–Crippen LogP) is 4.61. The summed E-state index contributed by atoms with van der Waals surface area (Å²) in [7, 11) is -4.00. The maximum atomic E-state index is 13.4. The molecule has 0 aromatic heterocycles. The molecule has 0 unspecified atom stereocenters. The smallest absolute Gasteiger partial charge is 0.264 e. The fourth-order valence-corrected chi connectivity index (χ4v) is 4.84. The highest BCUT2D eigenvalue weighted by molar-refractivity contribution is 7.92. The van der Waals surface area contributed by atoms with Crippen molar-refractivity contribution in [2.24, 2.45) is 5.10 Å². The van der Waals surface area contributed by atoms with Crippen LogP contribution in [0.4, 0.5) is 5.69 Å². The molecule has 8 nitrogen and oxygen atoms in total. The second-order valence-electron chi connectivity index (χ2n) is 8.13. The predicted molar refractivity (Wildman–Crippen MR) is 146 cm³/mol. The summed E-state index contributed by atoms with van der Waals surface area (Å²) in [4.78, 5) is 12.9. The van der Waals surface area contributed by atoms with E-state index in [4.69, 9.17) is 9.47 Å². The molecular formula is C28H31N3O5S. The zero-order chi connectivity index (χ0) is 26.8. The average molecular weight is 522 g/mol. The Morgan fingerprint density at radius 1 is 1.00 bits per heavy atom. The van der Waals surface area contributed by atoms with Crippen LogP contribution in [0.3, 0.4) is 0 Å². The first-order valence-electron chi connectivity index (χ1n) is 11.7. The van der Waals surface area contributed by atoms with E-state index in [2.05, 4.69) is 17.1 Å². The number of amides is 1. The summed E-state index contributed by atoms with van der Waals surface area (Å²) < 4.78 is 39.2. The van der Waals surface area contributed by atoms with E-state index in [0.717, 1.165) is 15.4 Å². The highest BCUT2D eigenvalue weighted by atomic mass is 32.2. The molecule has 0 spiro atoms. The largest absolute Gasteiger partial charge is 0.490 e. The molecule has 9 heteroatoms. The molecule has 37 heavy (non-hydrogen) atoms. The number of anilines is 1. The van der Waals surface area contributed by atoms with Crippen molar-refractivity contribution in [3.05, 3.63) is 96.1 Å². The molecule has 3 aromatic carbocycles. The first-order valence-corrected chi connectivity index (χ1v) is 13.2. The number of carbonyl (C=O) groups excluding carboxylic acids is 1. The van der Waals surface area contributed by atoms with Gasteiger partial charge >= 0.3 is 0 Å². The molecule has 194 valence electrons. The van der Waals surface area contributed by atoms with Gasteiger partial charge in [0, 0.05) is 0 Å². The van der Waals surface area contributed by atoms with Crippen LogP contribution in [-0.4, -0.2) is 40.3 Å². The summed E-state index contributed by atoms with van der Waals surface area (Å²) in [6.45, 7) is 9.67. The molecule has 0 saturated carbocycles. The van der Waals surface area contributed by atoms with E-state index in [-0.39, 0.29) is 4.90 Å². The van der Waals surface area contributed by atoms with E-state index in [1.165, 1.54) is 18.3 Å². The molecular weight excluding hydrogens is 490 g/mol. The van der Waals surface area contributed by atoms with Crippen LogP contribution >= 0.6 is 0 Å². The van der Waals surface area contributed by atoms with Gasteiger partial charge in [-0.05, 0) is 79.9 Å². The number of aryl methyl sites for hydroxylation is 2. The standard InChI is InChI=1S/C28H31N3O5S/c1-5-16-36-26-15-13-23(18-27(26)35-6-2)19-29-30-28(32)20-31(24-14-12-21(3)22(4)17-24)37(33,34)25-10-8-7-9-11-25/h5,7-15,17-19H,1,6,16,20H2,2-4H3,(H,30,32). The van der Waals surface area contributed by atoms with Crippen molar-refractivity contribution in [2.75, 3.05) is 24.1 Å². The third-order valence-electron chi connectivity index (χ3n) is 5.42. The van der Waals surface area contributed by atoms with Gasteiger partial charge in [-0.2, -0.15) is 5.10 Å². The summed E-state index contributed by atoms with van der Waals surface area (Å²) in [5.41, 5.74) is 5.40. The normalized spacial score (nSPS) is 11.2. The summed E-state index contributed by atoms with van der Waals surface area (Å²) in [5, 5.41) is 4.01. The van der Waals surface area contributed by atoms with Crippen LogP contribution in [0.25, 0.3) is 0 Å². The number of hydrazone groups is 1. The van der Waals surface area contributed by atoms with Crippen LogP contribution in [0.2, 0.25) is 0 Å². The Morgan fingerprint density at radius 3 is 2.43 bits per heavy atom. The molecule has 0 atom stereocenters. The van der Waals surface area contributed by atoms with Crippen LogP contribution in [0.5, 0.6) is 11.5 Å². The second kappa shape index (κ2) is 12.7. The van der Waals surface area contributed by atoms with Gasteiger partial charge in [0.25, 0.3) is 15.9 Å². The number of carbonyl (C=O) groups is 1. The van der Waals surface area contributed by atoms with Crippen molar-refractivity contribution in [2.45, 2.75) is 25.7 Å². The summed E-state index contributed by atoms with van der Waals surface area (Å²) in [5.74, 6) is 0.512. The van der Waals surface area contributed by atoms with Crippen molar-refractivity contribution in [1.82, 2.24) is 5.43 Å². The van der Waals surface area contributed by atoms with Crippen molar-refractivity contribution in [3.8, 4) is 11.5 Å². The molecule has 3 rings (SSSR count). The van der Waals surface area contributed by atoms with E-state index < -0.39 is 22.5 Å². The third kappa shape index (κ3) is 7.20. The van der Waals surface area contributed by atoms with Crippen LogP contribution in [0.15, 0.2) is 89.4 Å². The van der Waals surface area contributed by atoms with Crippen molar-refractivity contribution < 1.29 is 22.7 Å². The lowest BCUT2D eigenvalue weighted by molar-refractivity contribution is -0.119. The Balaban J connectivity index is 1.80. The molecule has 0 aliphatic heterocycles. The molecule has 0 heterocycles. The molecule has 0 radical (unpaired) electrons. The van der Waals surface area contributed by atoms with E-state index in [9.17, 15) is 13.2 Å². The van der Waals surface area contributed by atoms with Crippen LogP contribution in [0.1, 0.15) is 23.6 Å². The van der Waals surface area contributed by atoms with Crippen LogP contribution < -0.4 is 19.2 Å². The highest BCUT2D eigenvalue weighted by Crippen LogP contribution is 2.28. The van der Waals surface area contributed by atoms with Gasteiger partial charge in [-0.1, -0.05) is 36.9 Å². The number of nitrogens with zero attached hydrogens (tertiary/aromatic N) is 2. The van der Waals surface area contributed by atoms with Gasteiger partial charge in [-0.25, -0.2) is 13.8 Å². The Kier molecular flexibility index (Phi) is 9.45. The van der Waals surface area contributed by atoms with E-state index in [1.54, 1.807) is 54.6 Å². The molecule has 0 aliphatic carbocycles. The third-order valence-corrected chi connectivity index (χ3v) is 7.21. The summed E-state index contributed by atoms with van der Waals surface area (Å²) in [6.07, 6.45) is 3.09. The maximum Gasteiger partial charge on any atom is 0.264 e. The van der Waals surface area contributed by atoms with Crippen molar-refractivity contribution in [1.29, 1.82) is 0 Å². The van der Waals surface area contributed by atoms with Crippen LogP contribution in [0, 0.1) is 13.8 Å².